The van der Waals surface area contributed by atoms with Crippen LogP contribution in [0, 0.1) is 10.1 Å². The van der Waals surface area contributed by atoms with Crippen molar-refractivity contribution in [1.82, 2.24) is 0 Å². The summed E-state index contributed by atoms with van der Waals surface area (Å²) in [5.41, 5.74) is -0.208. The lowest BCUT2D eigenvalue weighted by Gasteiger charge is -1.87. The Morgan fingerprint density at radius 2 is 2.20 bits per heavy atom. The van der Waals surface area contributed by atoms with Crippen LogP contribution in [0.25, 0.3) is 0 Å². The van der Waals surface area contributed by atoms with Crippen LogP contribution in [0.3, 0.4) is 0 Å². The van der Waals surface area contributed by atoms with E-state index >= 15 is 0 Å². The summed E-state index contributed by atoms with van der Waals surface area (Å²) in [5.74, 6) is -0.608. The molecule has 0 saturated heterocycles. The molecule has 1 aliphatic rings. The molecule has 0 unspecified atom stereocenters. The highest BCUT2D eigenvalue weighted by molar-refractivity contribution is 7.92. The summed E-state index contributed by atoms with van der Waals surface area (Å²) in [6, 6.07) is 0. The van der Waals surface area contributed by atoms with Crippen molar-refractivity contribution in [1.29, 1.82) is 0 Å². The number of hydrogen-bond acceptors (Lipinski definition) is 4. The highest BCUT2D eigenvalue weighted by Gasteiger charge is 2.27. The average Bonchev–Trinajstić information content (AvgIpc) is 2.10. The van der Waals surface area contributed by atoms with Gasteiger partial charge in [0.15, 0.2) is 9.84 Å². The maximum Gasteiger partial charge on any atom is 0.258 e. The van der Waals surface area contributed by atoms with E-state index in [1.54, 1.807) is 0 Å². The Labute approximate surface area is 57.4 Å². The molecule has 1 aliphatic heterocycles. The van der Waals surface area contributed by atoms with Gasteiger partial charge < -0.3 is 0 Å². The molecular weight excluding hydrogens is 158 g/mol. The Morgan fingerprint density at radius 3 is 2.40 bits per heavy atom. The summed E-state index contributed by atoms with van der Waals surface area (Å²) < 4.78 is 21.2. The van der Waals surface area contributed by atoms with Gasteiger partial charge in [-0.05, 0) is 0 Å². The molecule has 0 aromatic rings. The third kappa shape index (κ3) is 1.32. The van der Waals surface area contributed by atoms with Crippen LogP contribution < -0.4 is 0 Å². The second-order valence-electron chi connectivity index (χ2n) is 2.01. The summed E-state index contributed by atoms with van der Waals surface area (Å²) in [5, 5.41) is 9.96. The highest BCUT2D eigenvalue weighted by atomic mass is 32.2. The van der Waals surface area contributed by atoms with Gasteiger partial charge in [0, 0.05) is 6.08 Å². The van der Waals surface area contributed by atoms with E-state index in [2.05, 4.69) is 0 Å². The fourth-order valence-corrected chi connectivity index (χ4v) is 1.93. The summed E-state index contributed by atoms with van der Waals surface area (Å²) in [6.07, 6.45) is 1.13. The van der Waals surface area contributed by atoms with Gasteiger partial charge in [-0.3, -0.25) is 10.1 Å². The van der Waals surface area contributed by atoms with Crippen LogP contribution >= 0.6 is 0 Å². The zero-order chi connectivity index (χ0) is 7.78. The van der Waals surface area contributed by atoms with Gasteiger partial charge in [-0.25, -0.2) is 8.42 Å². The van der Waals surface area contributed by atoms with Gasteiger partial charge in [0.05, 0.1) is 10.7 Å². The molecule has 0 radical (unpaired) electrons. The van der Waals surface area contributed by atoms with Crippen LogP contribution in [0.5, 0.6) is 0 Å². The summed E-state index contributed by atoms with van der Waals surface area (Å²) in [7, 11) is -3.17. The van der Waals surface area contributed by atoms with E-state index in [0.717, 1.165) is 6.08 Å². The van der Waals surface area contributed by atoms with Gasteiger partial charge in [0.1, 0.15) is 5.75 Å². The van der Waals surface area contributed by atoms with E-state index in [0.29, 0.717) is 0 Å². The minimum absolute atomic E-state index is 0.191. The van der Waals surface area contributed by atoms with Crippen LogP contribution in [-0.4, -0.2) is 24.8 Å². The lowest BCUT2D eigenvalue weighted by atomic mass is 10.5. The van der Waals surface area contributed by atoms with Crippen LogP contribution in [0.1, 0.15) is 0 Å². The number of hydrogen-bond donors (Lipinski definition) is 0. The first-order valence-corrected chi connectivity index (χ1v) is 4.37. The molecule has 0 spiro atoms. The van der Waals surface area contributed by atoms with Gasteiger partial charge in [0.25, 0.3) is 5.70 Å². The lowest BCUT2D eigenvalue weighted by molar-refractivity contribution is -0.423. The summed E-state index contributed by atoms with van der Waals surface area (Å²) >= 11 is 0. The quantitative estimate of drug-likeness (QED) is 0.388. The van der Waals surface area contributed by atoms with Crippen molar-refractivity contribution in [3.05, 3.63) is 21.9 Å². The second-order valence-corrected chi connectivity index (χ2v) is 4.12. The second kappa shape index (κ2) is 2.05. The Balaban J connectivity index is 2.83. The van der Waals surface area contributed by atoms with Gasteiger partial charge >= 0.3 is 0 Å². The van der Waals surface area contributed by atoms with E-state index in [9.17, 15) is 18.5 Å². The molecule has 1 rings (SSSR count). The van der Waals surface area contributed by atoms with E-state index in [1.807, 2.05) is 0 Å². The van der Waals surface area contributed by atoms with E-state index < -0.39 is 20.5 Å². The molecule has 56 valence electrons. The number of nitro groups is 1. The molecule has 10 heavy (non-hydrogen) atoms. The molecule has 0 aromatic carbocycles. The maximum atomic E-state index is 10.6. The summed E-state index contributed by atoms with van der Waals surface area (Å²) in [6.45, 7) is 0. The van der Waals surface area contributed by atoms with E-state index in [-0.39, 0.29) is 11.4 Å². The number of rotatable bonds is 1. The van der Waals surface area contributed by atoms with Crippen molar-refractivity contribution in [2.24, 2.45) is 0 Å². The molecular formula is C4H5NO4S. The van der Waals surface area contributed by atoms with Crippen molar-refractivity contribution in [3.63, 3.8) is 0 Å². The standard InChI is InChI=1S/C4H5NO4S/c6-5(7)4-1-2-10(8,9)3-4/h1H,2-3H2. The molecule has 0 bridgehead atoms. The van der Waals surface area contributed by atoms with Gasteiger partial charge in [-0.2, -0.15) is 0 Å². The largest absolute Gasteiger partial charge is 0.259 e. The third-order valence-electron chi connectivity index (χ3n) is 1.18. The third-order valence-corrected chi connectivity index (χ3v) is 2.59. The molecule has 0 N–H and O–H groups in total. The van der Waals surface area contributed by atoms with Crippen molar-refractivity contribution in [2.45, 2.75) is 0 Å². The molecule has 0 aromatic heterocycles. The minimum Gasteiger partial charge on any atom is -0.259 e. The maximum absolute atomic E-state index is 10.6. The molecule has 0 aliphatic carbocycles. The Hall–Kier alpha value is -0.910. The molecule has 0 amide bonds. The van der Waals surface area contributed by atoms with Crippen molar-refractivity contribution in [2.75, 3.05) is 11.5 Å². The monoisotopic (exact) mass is 163 g/mol. The number of sulfone groups is 1. The van der Waals surface area contributed by atoms with Gasteiger partial charge in [-0.1, -0.05) is 0 Å². The first-order valence-electron chi connectivity index (χ1n) is 2.55. The zero-order valence-corrected chi connectivity index (χ0v) is 5.80. The Bertz CT molecular complexity index is 288. The predicted molar refractivity (Wildman–Crippen MR) is 33.7 cm³/mol. The topological polar surface area (TPSA) is 77.3 Å². The smallest absolute Gasteiger partial charge is 0.258 e. The van der Waals surface area contributed by atoms with Crippen molar-refractivity contribution >= 4 is 9.84 Å². The molecule has 5 nitrogen and oxygen atoms in total. The van der Waals surface area contributed by atoms with Crippen LogP contribution in [0.2, 0.25) is 0 Å². The Kier molecular flexibility index (Phi) is 1.47. The zero-order valence-electron chi connectivity index (χ0n) is 4.98. The Morgan fingerprint density at radius 1 is 1.60 bits per heavy atom. The van der Waals surface area contributed by atoms with Gasteiger partial charge in [0.2, 0.25) is 0 Å². The van der Waals surface area contributed by atoms with Gasteiger partial charge in [-0.15, -0.1) is 0 Å². The van der Waals surface area contributed by atoms with Crippen molar-refractivity contribution in [3.8, 4) is 0 Å². The average molecular weight is 163 g/mol. The molecule has 1 heterocycles. The normalized spacial score (nSPS) is 22.2. The van der Waals surface area contributed by atoms with E-state index in [1.165, 1.54) is 0 Å². The summed E-state index contributed by atoms with van der Waals surface area (Å²) in [4.78, 5) is 9.30. The van der Waals surface area contributed by atoms with Crippen molar-refractivity contribution < 1.29 is 13.3 Å². The molecule has 6 heteroatoms. The van der Waals surface area contributed by atoms with E-state index in [4.69, 9.17) is 0 Å². The van der Waals surface area contributed by atoms with Crippen LogP contribution in [-0.2, 0) is 9.84 Å². The first kappa shape index (κ1) is 7.20. The highest BCUT2D eigenvalue weighted by Crippen LogP contribution is 2.10. The fraction of sp³-hybridized carbons (Fsp3) is 0.500. The molecule has 0 saturated carbocycles. The minimum atomic E-state index is -3.17. The SMILES string of the molecule is O=[N+]([O-])C1=CCS(=O)(=O)C1. The first-order chi connectivity index (χ1) is 4.51. The number of nitrogens with zero attached hydrogens (tertiary/aromatic N) is 1. The van der Waals surface area contributed by atoms with Crippen LogP contribution in [0.15, 0.2) is 11.8 Å². The predicted octanol–water partition coefficient (Wildman–Crippen LogP) is -0.425. The lowest BCUT2D eigenvalue weighted by Crippen LogP contribution is -2.07. The molecule has 0 atom stereocenters. The fourth-order valence-electron chi connectivity index (χ4n) is 0.694. The van der Waals surface area contributed by atoms with Crippen LogP contribution in [0.4, 0.5) is 0 Å². The molecule has 0 fully saturated rings.